The summed E-state index contributed by atoms with van der Waals surface area (Å²) >= 11 is 0. The number of aliphatic hydroxyl groups excluding tert-OH is 1. The molecule has 0 bridgehead atoms. The van der Waals surface area contributed by atoms with Gasteiger partial charge in [0.25, 0.3) is 0 Å². The first-order valence-electron chi connectivity index (χ1n) is 6.63. The van der Waals surface area contributed by atoms with Gasteiger partial charge in [-0.25, -0.2) is 13.8 Å². The molecule has 1 aromatic rings. The number of rotatable bonds is 5. The molecule has 19 heavy (non-hydrogen) atoms. The van der Waals surface area contributed by atoms with Gasteiger partial charge in [0.2, 0.25) is 0 Å². The Morgan fingerprint density at radius 2 is 2.05 bits per heavy atom. The molecule has 1 saturated carbocycles. The summed E-state index contributed by atoms with van der Waals surface area (Å²) in [5.74, 6) is -1.21. The van der Waals surface area contributed by atoms with Crippen molar-refractivity contribution >= 4 is 11.6 Å². The van der Waals surface area contributed by atoms with E-state index in [2.05, 4.69) is 15.6 Å². The summed E-state index contributed by atoms with van der Waals surface area (Å²) in [7, 11) is 0. The Kier molecular flexibility index (Phi) is 4.52. The number of hydrogen-bond acceptors (Lipinski definition) is 4. The van der Waals surface area contributed by atoms with Crippen LogP contribution in [0, 0.1) is 17.6 Å². The van der Waals surface area contributed by atoms with Crippen molar-refractivity contribution in [1.82, 2.24) is 4.98 Å². The van der Waals surface area contributed by atoms with E-state index in [4.69, 9.17) is 0 Å². The van der Waals surface area contributed by atoms with Crippen LogP contribution in [0.5, 0.6) is 0 Å². The first-order chi connectivity index (χ1) is 9.15. The van der Waals surface area contributed by atoms with Gasteiger partial charge in [-0.05, 0) is 19.8 Å². The minimum atomic E-state index is -0.706. The van der Waals surface area contributed by atoms with Gasteiger partial charge >= 0.3 is 0 Å². The highest BCUT2D eigenvalue weighted by atomic mass is 19.1. The van der Waals surface area contributed by atoms with Crippen LogP contribution >= 0.6 is 0 Å². The molecule has 2 atom stereocenters. The van der Waals surface area contributed by atoms with E-state index < -0.39 is 11.6 Å². The van der Waals surface area contributed by atoms with Crippen molar-refractivity contribution in [1.29, 1.82) is 0 Å². The predicted octanol–water partition coefficient (Wildman–Crippen LogP) is 2.36. The lowest BCUT2D eigenvalue weighted by Gasteiger charge is -2.20. The fourth-order valence-corrected chi connectivity index (χ4v) is 2.48. The van der Waals surface area contributed by atoms with Crippen molar-refractivity contribution in [3.05, 3.63) is 17.7 Å². The molecule has 2 unspecified atom stereocenters. The van der Waals surface area contributed by atoms with Gasteiger partial charge in [-0.2, -0.15) is 0 Å². The van der Waals surface area contributed by atoms with Gasteiger partial charge in [0, 0.05) is 31.2 Å². The lowest BCUT2D eigenvalue weighted by Crippen LogP contribution is -2.27. The van der Waals surface area contributed by atoms with E-state index in [0.717, 1.165) is 25.3 Å². The molecule has 0 spiro atoms. The molecule has 6 heteroatoms. The number of hydrogen-bond donors (Lipinski definition) is 3. The highest BCUT2D eigenvalue weighted by Gasteiger charge is 2.27. The zero-order chi connectivity index (χ0) is 13.8. The summed E-state index contributed by atoms with van der Waals surface area (Å²) in [5, 5.41) is 15.0. The first-order valence-corrected chi connectivity index (χ1v) is 6.63. The van der Waals surface area contributed by atoms with E-state index in [0.29, 0.717) is 6.54 Å². The predicted molar refractivity (Wildman–Crippen MR) is 70.2 cm³/mol. The zero-order valence-electron chi connectivity index (χ0n) is 10.9. The van der Waals surface area contributed by atoms with Gasteiger partial charge in [0.05, 0.1) is 0 Å². The molecule has 3 N–H and O–H groups in total. The minimum absolute atomic E-state index is 0.00747. The van der Waals surface area contributed by atoms with E-state index >= 15 is 0 Å². The molecule has 2 rings (SSSR count). The molecule has 0 amide bonds. The molecular formula is C13H19F2N3O. The highest BCUT2D eigenvalue weighted by molar-refractivity contribution is 5.48. The van der Waals surface area contributed by atoms with E-state index in [-0.39, 0.29) is 30.2 Å². The van der Waals surface area contributed by atoms with Crippen molar-refractivity contribution in [3.63, 3.8) is 0 Å². The fourth-order valence-electron chi connectivity index (χ4n) is 2.48. The Labute approximate surface area is 111 Å². The molecule has 1 heterocycles. The van der Waals surface area contributed by atoms with Crippen LogP contribution in [0.2, 0.25) is 0 Å². The minimum Gasteiger partial charge on any atom is -0.396 e. The van der Waals surface area contributed by atoms with Crippen molar-refractivity contribution in [2.45, 2.75) is 32.2 Å². The van der Waals surface area contributed by atoms with Gasteiger partial charge in [-0.15, -0.1) is 0 Å². The molecule has 1 aliphatic rings. The number of aromatic nitrogens is 1. The Balaban J connectivity index is 2.17. The molecular weight excluding hydrogens is 252 g/mol. The van der Waals surface area contributed by atoms with E-state index in [1.807, 2.05) is 6.92 Å². The molecule has 1 aromatic heterocycles. The molecule has 4 nitrogen and oxygen atoms in total. The van der Waals surface area contributed by atoms with Gasteiger partial charge in [0.1, 0.15) is 0 Å². The number of nitrogens with one attached hydrogen (secondary N) is 2. The maximum Gasteiger partial charge on any atom is 0.168 e. The molecule has 1 aliphatic carbocycles. The number of nitrogens with zero attached hydrogens (tertiary/aromatic N) is 1. The Hall–Kier alpha value is -1.43. The second-order valence-corrected chi connectivity index (χ2v) is 4.80. The van der Waals surface area contributed by atoms with Gasteiger partial charge in [-0.1, -0.05) is 6.42 Å². The molecule has 0 radical (unpaired) electrons. The molecule has 1 fully saturated rings. The molecule has 0 aromatic carbocycles. The van der Waals surface area contributed by atoms with Crippen LogP contribution in [0.1, 0.15) is 26.2 Å². The number of pyridine rings is 1. The molecule has 0 saturated heterocycles. The van der Waals surface area contributed by atoms with Gasteiger partial charge in [-0.3, -0.25) is 0 Å². The van der Waals surface area contributed by atoms with Crippen LogP contribution in [0.15, 0.2) is 6.07 Å². The largest absolute Gasteiger partial charge is 0.396 e. The maximum absolute atomic E-state index is 13.7. The Morgan fingerprint density at radius 1 is 1.32 bits per heavy atom. The maximum atomic E-state index is 13.7. The second kappa shape index (κ2) is 6.14. The van der Waals surface area contributed by atoms with Gasteiger partial charge < -0.3 is 15.7 Å². The Bertz CT molecular complexity index is 442. The SMILES string of the molecule is CCNc1nc(NC2CCCC2CO)c(F)cc1F. The van der Waals surface area contributed by atoms with Crippen molar-refractivity contribution < 1.29 is 13.9 Å². The first kappa shape index (κ1) is 14.0. The average molecular weight is 271 g/mol. The summed E-state index contributed by atoms with van der Waals surface area (Å²) in [6.07, 6.45) is 2.77. The molecule has 0 aliphatic heterocycles. The van der Waals surface area contributed by atoms with E-state index in [9.17, 15) is 13.9 Å². The topological polar surface area (TPSA) is 57.2 Å². The number of anilines is 2. The Morgan fingerprint density at radius 3 is 2.74 bits per heavy atom. The lowest BCUT2D eigenvalue weighted by atomic mass is 10.1. The quantitative estimate of drug-likeness (QED) is 0.769. The number of aliphatic hydroxyl groups is 1. The highest BCUT2D eigenvalue weighted by Crippen LogP contribution is 2.29. The number of halogens is 2. The van der Waals surface area contributed by atoms with Crippen molar-refractivity contribution in [2.24, 2.45) is 5.92 Å². The lowest BCUT2D eigenvalue weighted by molar-refractivity contribution is 0.222. The smallest absolute Gasteiger partial charge is 0.168 e. The van der Waals surface area contributed by atoms with E-state index in [1.54, 1.807) is 0 Å². The summed E-state index contributed by atoms with van der Waals surface area (Å²) in [6, 6.07) is 0.822. The third-order valence-corrected chi connectivity index (χ3v) is 3.49. The van der Waals surface area contributed by atoms with Crippen LogP contribution in [-0.2, 0) is 0 Å². The van der Waals surface area contributed by atoms with Crippen molar-refractivity contribution in [2.75, 3.05) is 23.8 Å². The zero-order valence-corrected chi connectivity index (χ0v) is 10.9. The normalized spacial score (nSPS) is 22.5. The van der Waals surface area contributed by atoms with Crippen molar-refractivity contribution in [3.8, 4) is 0 Å². The van der Waals surface area contributed by atoms with Crippen LogP contribution in [0.25, 0.3) is 0 Å². The third kappa shape index (κ3) is 3.12. The van der Waals surface area contributed by atoms with Gasteiger partial charge in [0.15, 0.2) is 23.3 Å². The monoisotopic (exact) mass is 271 g/mol. The summed E-state index contributed by atoms with van der Waals surface area (Å²) in [4.78, 5) is 3.94. The van der Waals surface area contributed by atoms with E-state index in [1.165, 1.54) is 0 Å². The second-order valence-electron chi connectivity index (χ2n) is 4.80. The third-order valence-electron chi connectivity index (χ3n) is 3.49. The molecule has 106 valence electrons. The standard InChI is InChI=1S/C13H19F2N3O/c1-2-16-12-9(14)6-10(15)13(18-12)17-11-5-3-4-8(11)7-19/h6,8,11,19H,2-5,7H2,1H3,(H2,16,17,18). The van der Waals surface area contributed by atoms with Crippen LogP contribution in [0.3, 0.4) is 0 Å². The summed E-state index contributed by atoms with van der Waals surface area (Å²) in [6.45, 7) is 2.40. The van der Waals surface area contributed by atoms with Crippen LogP contribution in [-0.4, -0.2) is 29.3 Å². The van der Waals surface area contributed by atoms with Crippen LogP contribution in [0.4, 0.5) is 20.4 Å². The van der Waals surface area contributed by atoms with Crippen LogP contribution < -0.4 is 10.6 Å². The summed E-state index contributed by atoms with van der Waals surface area (Å²) < 4.78 is 27.1. The summed E-state index contributed by atoms with van der Waals surface area (Å²) in [5.41, 5.74) is 0. The average Bonchev–Trinajstić information content (AvgIpc) is 2.82. The fraction of sp³-hybridized carbons (Fsp3) is 0.615.